The van der Waals surface area contributed by atoms with Crippen molar-refractivity contribution in [2.75, 3.05) is 37.2 Å². The van der Waals surface area contributed by atoms with Crippen LogP contribution in [0.4, 0.5) is 11.4 Å². The number of aromatic nitrogens is 1. The molecule has 1 saturated carbocycles. The highest BCUT2D eigenvalue weighted by Crippen LogP contribution is 2.45. The molecule has 4 N–H and O–H groups in total. The first-order valence-electron chi connectivity index (χ1n) is 12.1. The number of nitrogens with one attached hydrogen (secondary N) is 2. The van der Waals surface area contributed by atoms with Crippen LogP contribution in [-0.2, 0) is 0 Å². The number of aryl methyl sites for hydroxylation is 1. The van der Waals surface area contributed by atoms with Crippen molar-refractivity contribution in [3.8, 4) is 10.4 Å². The van der Waals surface area contributed by atoms with Gasteiger partial charge < -0.3 is 21.3 Å². The van der Waals surface area contributed by atoms with Gasteiger partial charge in [-0.2, -0.15) is 0 Å². The lowest BCUT2D eigenvalue weighted by Crippen LogP contribution is -2.42. The largest absolute Gasteiger partial charge is 0.397 e. The number of hydrogen-bond acceptors (Lipinski definition) is 6. The van der Waals surface area contributed by atoms with Crippen LogP contribution in [0.15, 0.2) is 66.3 Å². The number of thiophene rings is 1. The molecule has 180 valence electrons. The minimum atomic E-state index is -0.266. The number of carbonyl (C=O) groups is 1. The predicted octanol–water partition coefficient (Wildman–Crippen LogP) is 5.17. The lowest BCUT2D eigenvalue weighted by Gasteiger charge is -2.32. The summed E-state index contributed by atoms with van der Waals surface area (Å²) < 4.78 is 0. The molecule has 2 fully saturated rings. The number of rotatable bonds is 7. The monoisotopic (exact) mass is 485 g/mol. The fourth-order valence-corrected chi connectivity index (χ4v) is 5.39. The molecule has 1 amide bonds. The van der Waals surface area contributed by atoms with Gasteiger partial charge in [0.25, 0.3) is 5.91 Å². The van der Waals surface area contributed by atoms with Crippen molar-refractivity contribution < 1.29 is 4.79 Å². The number of amides is 1. The summed E-state index contributed by atoms with van der Waals surface area (Å²) in [5.74, 6) is 0.260. The average molecular weight is 486 g/mol. The third-order valence-electron chi connectivity index (χ3n) is 6.65. The Morgan fingerprint density at radius 3 is 2.71 bits per heavy atom. The number of nitrogens with two attached hydrogens (primary N) is 1. The summed E-state index contributed by atoms with van der Waals surface area (Å²) in [6.45, 7) is 10.1. The van der Waals surface area contributed by atoms with Gasteiger partial charge in [-0.05, 0) is 78.1 Å². The molecule has 0 radical (unpaired) electrons. The molecule has 3 aromatic rings. The van der Waals surface area contributed by atoms with Gasteiger partial charge in [0.05, 0.1) is 11.4 Å². The van der Waals surface area contributed by atoms with Gasteiger partial charge in [0, 0.05) is 48.5 Å². The van der Waals surface area contributed by atoms with Crippen LogP contribution in [0.1, 0.15) is 34.5 Å². The lowest BCUT2D eigenvalue weighted by atomic mass is 9.95. The average Bonchev–Trinajstić information content (AvgIpc) is 3.56. The second-order valence-electron chi connectivity index (χ2n) is 9.13. The number of piperazine rings is 1. The summed E-state index contributed by atoms with van der Waals surface area (Å²) in [5.41, 5.74) is 13.4. The zero-order valence-corrected chi connectivity index (χ0v) is 20.8. The fraction of sp³-hybridized carbons (Fsp3) is 0.286. The summed E-state index contributed by atoms with van der Waals surface area (Å²) in [4.78, 5) is 21.2. The lowest BCUT2D eigenvalue weighted by molar-refractivity contribution is 0.102. The molecule has 1 aliphatic carbocycles. The van der Waals surface area contributed by atoms with Crippen molar-refractivity contribution >= 4 is 34.2 Å². The van der Waals surface area contributed by atoms with Crippen molar-refractivity contribution in [2.45, 2.75) is 19.8 Å². The normalized spacial score (nSPS) is 16.5. The number of allylic oxidation sites excluding steroid dienone is 2. The van der Waals surface area contributed by atoms with Gasteiger partial charge >= 0.3 is 0 Å². The Kier molecular flexibility index (Phi) is 6.70. The number of pyridine rings is 1. The van der Waals surface area contributed by atoms with Crippen LogP contribution in [0, 0.1) is 12.8 Å². The number of nitrogens with zero attached hydrogens (tertiary/aromatic N) is 2. The molecule has 35 heavy (non-hydrogen) atoms. The smallest absolute Gasteiger partial charge is 0.274 e. The van der Waals surface area contributed by atoms with E-state index in [1.807, 2.05) is 54.1 Å². The molecular formula is C28H31N5OS. The van der Waals surface area contributed by atoms with Crippen LogP contribution in [0.3, 0.4) is 0 Å². The van der Waals surface area contributed by atoms with E-state index >= 15 is 0 Å². The minimum Gasteiger partial charge on any atom is -0.397 e. The summed E-state index contributed by atoms with van der Waals surface area (Å²) in [6, 6.07) is 11.6. The van der Waals surface area contributed by atoms with Crippen LogP contribution in [0.5, 0.6) is 0 Å². The molecule has 2 aliphatic rings. The Morgan fingerprint density at radius 2 is 2.06 bits per heavy atom. The van der Waals surface area contributed by atoms with Gasteiger partial charge in [0.2, 0.25) is 0 Å². The van der Waals surface area contributed by atoms with E-state index in [0.717, 1.165) is 47.7 Å². The summed E-state index contributed by atoms with van der Waals surface area (Å²) in [6.07, 6.45) is 6.21. The summed E-state index contributed by atoms with van der Waals surface area (Å²) >= 11 is 1.65. The van der Waals surface area contributed by atoms with Gasteiger partial charge in [-0.15, -0.1) is 11.3 Å². The molecule has 1 aromatic carbocycles. The van der Waals surface area contributed by atoms with Gasteiger partial charge in [-0.1, -0.05) is 18.7 Å². The molecule has 5 rings (SSSR count). The van der Waals surface area contributed by atoms with E-state index in [2.05, 4.69) is 34.0 Å². The molecule has 0 bridgehead atoms. The minimum absolute atomic E-state index is 0.266. The highest BCUT2D eigenvalue weighted by molar-refractivity contribution is 7.13. The fourth-order valence-electron chi connectivity index (χ4n) is 4.66. The Labute approximate surface area is 210 Å². The maximum absolute atomic E-state index is 13.1. The first-order chi connectivity index (χ1) is 17.0. The maximum atomic E-state index is 13.1. The highest BCUT2D eigenvalue weighted by Gasteiger charge is 2.32. The van der Waals surface area contributed by atoms with E-state index in [0.29, 0.717) is 23.0 Å². The van der Waals surface area contributed by atoms with Crippen molar-refractivity contribution in [3.05, 3.63) is 83.1 Å². The molecule has 2 aromatic heterocycles. The second kappa shape index (κ2) is 10.1. The van der Waals surface area contributed by atoms with E-state index in [-0.39, 0.29) is 5.91 Å². The van der Waals surface area contributed by atoms with Crippen molar-refractivity contribution in [1.82, 2.24) is 15.2 Å². The number of benzene rings is 1. The zero-order chi connectivity index (χ0) is 24.4. The summed E-state index contributed by atoms with van der Waals surface area (Å²) in [5, 5.41) is 8.41. The van der Waals surface area contributed by atoms with Crippen LogP contribution in [0.2, 0.25) is 0 Å². The quantitative estimate of drug-likeness (QED) is 0.318. The van der Waals surface area contributed by atoms with Gasteiger partial charge in [0.15, 0.2) is 0 Å². The van der Waals surface area contributed by atoms with E-state index in [1.165, 1.54) is 24.1 Å². The predicted molar refractivity (Wildman–Crippen MR) is 145 cm³/mol. The van der Waals surface area contributed by atoms with E-state index in [4.69, 9.17) is 5.73 Å². The molecule has 1 aliphatic heterocycles. The molecule has 0 atom stereocenters. The third kappa shape index (κ3) is 5.01. The Hall–Kier alpha value is -3.42. The Morgan fingerprint density at radius 1 is 1.26 bits per heavy atom. The van der Waals surface area contributed by atoms with Crippen molar-refractivity contribution in [1.29, 1.82) is 0 Å². The standard InChI is InChI=1S/C28H31N5OS/c1-3-25(33-12-10-30-11-13-33)27(19-6-7-19)21-17-31-24(15-18(21)2)28(34)32-23-16-20(8-9-22(23)29)26-5-4-14-35-26/h3-5,8-9,14-17,19,30H,1,6-7,10-13,29H2,2H3,(H,32,34)/b27-25+. The van der Waals surface area contributed by atoms with E-state index in [9.17, 15) is 4.79 Å². The first-order valence-corrected chi connectivity index (χ1v) is 13.0. The van der Waals surface area contributed by atoms with Crippen LogP contribution in [0.25, 0.3) is 16.0 Å². The number of hydrogen-bond donors (Lipinski definition) is 3. The molecule has 3 heterocycles. The number of nitrogen functional groups attached to an aromatic ring is 1. The SMILES string of the molecule is C=C/C(=C(\c1cnc(C(=O)Nc2cc(-c3cccs3)ccc2N)cc1C)C1CC1)N1CCNCC1. The molecule has 6 nitrogen and oxygen atoms in total. The maximum Gasteiger partial charge on any atom is 0.274 e. The topological polar surface area (TPSA) is 83.3 Å². The third-order valence-corrected chi connectivity index (χ3v) is 7.57. The number of anilines is 2. The van der Waals surface area contributed by atoms with Gasteiger partial charge in [0.1, 0.15) is 5.69 Å². The molecular weight excluding hydrogens is 454 g/mol. The highest BCUT2D eigenvalue weighted by atomic mass is 32.1. The first kappa shape index (κ1) is 23.3. The Bertz CT molecular complexity index is 1270. The second-order valence-corrected chi connectivity index (χ2v) is 10.1. The zero-order valence-electron chi connectivity index (χ0n) is 20.0. The molecule has 0 spiro atoms. The van der Waals surface area contributed by atoms with Crippen LogP contribution in [-0.4, -0.2) is 42.0 Å². The summed E-state index contributed by atoms with van der Waals surface area (Å²) in [7, 11) is 0. The Balaban J connectivity index is 1.42. The van der Waals surface area contributed by atoms with E-state index in [1.54, 1.807) is 11.3 Å². The molecule has 7 heteroatoms. The van der Waals surface area contributed by atoms with Crippen LogP contribution >= 0.6 is 11.3 Å². The molecule has 0 unspecified atom stereocenters. The molecule has 1 saturated heterocycles. The van der Waals surface area contributed by atoms with Gasteiger partial charge in [-0.25, -0.2) is 0 Å². The number of carbonyl (C=O) groups excluding carboxylic acids is 1. The van der Waals surface area contributed by atoms with Crippen molar-refractivity contribution in [2.24, 2.45) is 5.92 Å². The van der Waals surface area contributed by atoms with Crippen LogP contribution < -0.4 is 16.4 Å². The van der Waals surface area contributed by atoms with Gasteiger partial charge in [-0.3, -0.25) is 9.78 Å². The van der Waals surface area contributed by atoms with E-state index < -0.39 is 0 Å². The van der Waals surface area contributed by atoms with Crippen molar-refractivity contribution in [3.63, 3.8) is 0 Å².